The molecule has 2 rings (SSSR count). The smallest absolute Gasteiger partial charge is 0.0779 e. The topological polar surface area (TPSA) is 0 Å². The van der Waals surface area contributed by atoms with Crippen LogP contribution in [0.5, 0.6) is 0 Å². The van der Waals surface area contributed by atoms with Gasteiger partial charge in [0.2, 0.25) is 0 Å². The predicted molar refractivity (Wildman–Crippen MR) is 67.8 cm³/mol. The van der Waals surface area contributed by atoms with Gasteiger partial charge in [-0.3, -0.25) is 0 Å². The van der Waals surface area contributed by atoms with Gasteiger partial charge in [-0.05, 0) is 38.3 Å². The van der Waals surface area contributed by atoms with E-state index in [9.17, 15) is 0 Å². The SMILES string of the molecule is CC1=CCC([Si]c2cccc(C)c2C)=C1. The summed E-state index contributed by atoms with van der Waals surface area (Å²) in [4.78, 5) is 0. The molecule has 1 aliphatic rings. The van der Waals surface area contributed by atoms with Crippen molar-refractivity contribution in [3.63, 3.8) is 0 Å². The van der Waals surface area contributed by atoms with Gasteiger partial charge >= 0.3 is 0 Å². The summed E-state index contributed by atoms with van der Waals surface area (Å²) < 4.78 is 0. The third kappa shape index (κ3) is 2.29. The van der Waals surface area contributed by atoms with Crippen molar-refractivity contribution >= 4 is 14.7 Å². The van der Waals surface area contributed by atoms with Crippen LogP contribution in [0.2, 0.25) is 0 Å². The van der Waals surface area contributed by atoms with Crippen LogP contribution in [0, 0.1) is 13.8 Å². The van der Waals surface area contributed by atoms with Crippen LogP contribution in [-0.2, 0) is 0 Å². The summed E-state index contributed by atoms with van der Waals surface area (Å²) in [6.45, 7) is 6.60. The third-order valence-electron chi connectivity index (χ3n) is 2.95. The molecular formula is C14H16Si. The first-order valence-corrected chi connectivity index (χ1v) is 6.37. The molecule has 0 atom stereocenters. The summed E-state index contributed by atoms with van der Waals surface area (Å²) in [5.41, 5.74) is 4.28. The van der Waals surface area contributed by atoms with Gasteiger partial charge in [0.25, 0.3) is 0 Å². The Balaban J connectivity index is 2.19. The largest absolute Gasteiger partial charge is 0.116 e. The lowest BCUT2D eigenvalue weighted by molar-refractivity contribution is 1.35. The molecule has 15 heavy (non-hydrogen) atoms. The standard InChI is InChI=1S/C14H16Si/c1-10-7-8-13(9-10)15-14-6-4-5-11(2)12(14)3/h4-7,9H,8H2,1-3H3. The van der Waals surface area contributed by atoms with E-state index in [0.29, 0.717) is 0 Å². The highest BCUT2D eigenvalue weighted by Gasteiger charge is 2.08. The minimum atomic E-state index is 0.848. The van der Waals surface area contributed by atoms with Crippen LogP contribution < -0.4 is 5.19 Å². The van der Waals surface area contributed by atoms with E-state index in [-0.39, 0.29) is 0 Å². The van der Waals surface area contributed by atoms with Crippen LogP contribution in [-0.4, -0.2) is 9.52 Å². The molecule has 0 unspecified atom stereocenters. The Morgan fingerprint density at radius 3 is 2.60 bits per heavy atom. The zero-order chi connectivity index (χ0) is 10.8. The van der Waals surface area contributed by atoms with Gasteiger partial charge in [0.1, 0.15) is 9.52 Å². The van der Waals surface area contributed by atoms with E-state index < -0.39 is 0 Å². The molecular weight excluding hydrogens is 196 g/mol. The lowest BCUT2D eigenvalue weighted by Crippen LogP contribution is -2.19. The Hall–Kier alpha value is -1.08. The van der Waals surface area contributed by atoms with Crippen LogP contribution in [0.15, 0.2) is 41.1 Å². The van der Waals surface area contributed by atoms with Gasteiger partial charge in [0.15, 0.2) is 0 Å². The fraction of sp³-hybridized carbons (Fsp3) is 0.286. The summed E-state index contributed by atoms with van der Waals surface area (Å²) >= 11 is 0. The predicted octanol–water partition coefficient (Wildman–Crippen LogP) is 2.87. The summed E-state index contributed by atoms with van der Waals surface area (Å²) in [6, 6.07) is 6.62. The van der Waals surface area contributed by atoms with E-state index in [1.807, 2.05) is 0 Å². The molecule has 1 heteroatoms. The molecule has 1 aliphatic carbocycles. The van der Waals surface area contributed by atoms with Gasteiger partial charge in [-0.2, -0.15) is 0 Å². The van der Waals surface area contributed by atoms with E-state index in [2.05, 4.69) is 51.1 Å². The highest BCUT2D eigenvalue weighted by molar-refractivity contribution is 6.61. The molecule has 76 valence electrons. The molecule has 0 saturated carbocycles. The molecule has 0 aliphatic heterocycles. The fourth-order valence-electron chi connectivity index (χ4n) is 1.81. The summed E-state index contributed by atoms with van der Waals surface area (Å²) in [5, 5.41) is 3.07. The zero-order valence-electron chi connectivity index (χ0n) is 9.59. The summed E-state index contributed by atoms with van der Waals surface area (Å²) in [6.07, 6.45) is 5.80. The molecule has 0 spiro atoms. The highest BCUT2D eigenvalue weighted by Crippen LogP contribution is 2.16. The Morgan fingerprint density at radius 1 is 1.13 bits per heavy atom. The van der Waals surface area contributed by atoms with Gasteiger partial charge in [-0.15, -0.1) is 0 Å². The summed E-state index contributed by atoms with van der Waals surface area (Å²) in [7, 11) is 0.848. The fourth-order valence-corrected chi connectivity index (χ4v) is 3.22. The van der Waals surface area contributed by atoms with Gasteiger partial charge in [-0.25, -0.2) is 0 Å². The van der Waals surface area contributed by atoms with Crippen LogP contribution in [0.25, 0.3) is 0 Å². The summed E-state index contributed by atoms with van der Waals surface area (Å²) in [5.74, 6) is 0. The molecule has 0 nitrogen and oxygen atoms in total. The normalized spacial score (nSPS) is 15.1. The molecule has 0 aromatic heterocycles. The average Bonchev–Trinajstić information content (AvgIpc) is 2.59. The van der Waals surface area contributed by atoms with Crippen LogP contribution >= 0.6 is 0 Å². The number of hydrogen-bond acceptors (Lipinski definition) is 0. The number of hydrogen-bond donors (Lipinski definition) is 0. The number of rotatable bonds is 2. The number of aryl methyl sites for hydroxylation is 1. The van der Waals surface area contributed by atoms with Crippen molar-refractivity contribution in [3.05, 3.63) is 52.2 Å². The second kappa shape index (κ2) is 4.19. The lowest BCUT2D eigenvalue weighted by Gasteiger charge is -2.07. The van der Waals surface area contributed by atoms with Crippen molar-refractivity contribution in [2.75, 3.05) is 0 Å². The quantitative estimate of drug-likeness (QED) is 0.661. The number of benzene rings is 1. The van der Waals surface area contributed by atoms with Gasteiger partial charge in [-0.1, -0.05) is 46.3 Å². The van der Waals surface area contributed by atoms with Crippen molar-refractivity contribution in [3.8, 4) is 0 Å². The Bertz CT molecular complexity index is 439. The van der Waals surface area contributed by atoms with Gasteiger partial charge in [0, 0.05) is 0 Å². The maximum absolute atomic E-state index is 2.33. The van der Waals surface area contributed by atoms with Crippen LogP contribution in [0.3, 0.4) is 0 Å². The van der Waals surface area contributed by atoms with E-state index in [1.54, 1.807) is 5.20 Å². The first kappa shape index (κ1) is 10.4. The second-order valence-corrected chi connectivity index (χ2v) is 5.63. The lowest BCUT2D eigenvalue weighted by atomic mass is 10.1. The van der Waals surface area contributed by atoms with Gasteiger partial charge < -0.3 is 0 Å². The third-order valence-corrected chi connectivity index (χ3v) is 4.43. The molecule has 0 fully saturated rings. The Morgan fingerprint density at radius 2 is 1.93 bits per heavy atom. The van der Waals surface area contributed by atoms with Crippen molar-refractivity contribution in [2.45, 2.75) is 27.2 Å². The molecule has 1 aromatic rings. The maximum Gasteiger partial charge on any atom is 0.116 e. The molecule has 0 saturated heterocycles. The first-order valence-electron chi connectivity index (χ1n) is 5.37. The molecule has 0 N–H and O–H groups in total. The van der Waals surface area contributed by atoms with Crippen molar-refractivity contribution in [2.24, 2.45) is 0 Å². The molecule has 0 heterocycles. The van der Waals surface area contributed by atoms with Crippen molar-refractivity contribution < 1.29 is 0 Å². The number of allylic oxidation sites excluding steroid dienone is 4. The van der Waals surface area contributed by atoms with Gasteiger partial charge in [0.05, 0.1) is 0 Å². The maximum atomic E-state index is 2.33. The van der Waals surface area contributed by atoms with E-state index >= 15 is 0 Å². The molecule has 0 bridgehead atoms. The zero-order valence-corrected chi connectivity index (χ0v) is 10.6. The van der Waals surface area contributed by atoms with E-state index in [4.69, 9.17) is 0 Å². The molecule has 1 aromatic carbocycles. The minimum absolute atomic E-state index is 0.848. The highest BCUT2D eigenvalue weighted by atomic mass is 28.2. The molecule has 2 radical (unpaired) electrons. The monoisotopic (exact) mass is 212 g/mol. The molecule has 0 amide bonds. The van der Waals surface area contributed by atoms with E-state index in [0.717, 1.165) is 15.9 Å². The first-order chi connectivity index (χ1) is 7.16. The minimum Gasteiger partial charge on any atom is -0.0779 e. The van der Waals surface area contributed by atoms with Crippen LogP contribution in [0.1, 0.15) is 24.5 Å². The van der Waals surface area contributed by atoms with E-state index in [1.165, 1.54) is 21.9 Å². The Kier molecular flexibility index (Phi) is 2.92. The van der Waals surface area contributed by atoms with Crippen LogP contribution in [0.4, 0.5) is 0 Å². The average molecular weight is 212 g/mol. The second-order valence-electron chi connectivity index (χ2n) is 4.19. The van der Waals surface area contributed by atoms with Crippen molar-refractivity contribution in [1.82, 2.24) is 0 Å². The Labute approximate surface area is 94.5 Å². The van der Waals surface area contributed by atoms with Crippen molar-refractivity contribution in [1.29, 1.82) is 0 Å².